The fourth-order valence-corrected chi connectivity index (χ4v) is 2.88. The van der Waals surface area contributed by atoms with E-state index in [-0.39, 0.29) is 18.6 Å². The summed E-state index contributed by atoms with van der Waals surface area (Å²) in [4.78, 5) is 23.7. The van der Waals surface area contributed by atoms with Crippen LogP contribution in [0.25, 0.3) is 0 Å². The fourth-order valence-electron chi connectivity index (χ4n) is 2.88. The molecule has 30 heavy (non-hydrogen) atoms. The molecule has 3 aromatic carbocycles. The topological polar surface area (TPSA) is 72.8 Å². The Morgan fingerprint density at radius 2 is 1.20 bits per heavy atom. The molecule has 1 N–H and O–H groups in total. The van der Waals surface area contributed by atoms with Gasteiger partial charge in [-0.25, -0.2) is 0 Å². The molecule has 0 bridgehead atoms. The SMILES string of the molecule is O=C(CCc1ccc(O)cc1)OC(=O)CCc1ccc(OCc2ccccc2)cc1. The molecule has 0 aliphatic carbocycles. The smallest absolute Gasteiger partial charge is 0.313 e. The number of phenols is 1. The predicted octanol–water partition coefficient (Wildman–Crippen LogP) is 4.61. The van der Waals surface area contributed by atoms with Crippen molar-refractivity contribution in [2.45, 2.75) is 32.3 Å². The summed E-state index contributed by atoms with van der Waals surface area (Å²) in [5.41, 5.74) is 2.96. The van der Waals surface area contributed by atoms with Gasteiger partial charge in [0, 0.05) is 0 Å². The number of ether oxygens (including phenoxy) is 2. The zero-order chi connectivity index (χ0) is 21.2. The highest BCUT2D eigenvalue weighted by molar-refractivity contribution is 5.85. The van der Waals surface area contributed by atoms with Crippen LogP contribution in [-0.2, 0) is 33.8 Å². The van der Waals surface area contributed by atoms with Gasteiger partial charge < -0.3 is 14.6 Å². The normalized spacial score (nSPS) is 10.4. The third kappa shape index (κ3) is 7.09. The summed E-state index contributed by atoms with van der Waals surface area (Å²) >= 11 is 0. The number of hydrogen-bond acceptors (Lipinski definition) is 5. The van der Waals surface area contributed by atoms with Gasteiger partial charge in [0.15, 0.2) is 0 Å². The largest absolute Gasteiger partial charge is 0.508 e. The van der Waals surface area contributed by atoms with Crippen LogP contribution >= 0.6 is 0 Å². The van der Waals surface area contributed by atoms with Crippen LogP contribution in [0.5, 0.6) is 11.5 Å². The molecule has 0 aliphatic heterocycles. The molecule has 5 heteroatoms. The lowest BCUT2D eigenvalue weighted by Crippen LogP contribution is -2.13. The van der Waals surface area contributed by atoms with Crippen LogP contribution in [0.15, 0.2) is 78.9 Å². The maximum absolute atomic E-state index is 11.9. The zero-order valence-electron chi connectivity index (χ0n) is 16.6. The van der Waals surface area contributed by atoms with Crippen molar-refractivity contribution < 1.29 is 24.2 Å². The monoisotopic (exact) mass is 404 g/mol. The van der Waals surface area contributed by atoms with E-state index in [2.05, 4.69) is 0 Å². The standard InChI is InChI=1S/C25H24O5/c26-22-12-6-19(7-13-22)10-16-24(27)30-25(28)17-11-20-8-14-23(15-9-20)29-18-21-4-2-1-3-5-21/h1-9,12-15,26H,10-11,16-18H2. The average molecular weight is 404 g/mol. The second kappa shape index (κ2) is 10.8. The van der Waals surface area contributed by atoms with E-state index in [1.54, 1.807) is 24.3 Å². The number of rotatable bonds is 9. The van der Waals surface area contributed by atoms with Crippen LogP contribution in [0.4, 0.5) is 0 Å². The predicted molar refractivity (Wildman–Crippen MR) is 113 cm³/mol. The van der Waals surface area contributed by atoms with Crippen LogP contribution in [0.3, 0.4) is 0 Å². The van der Waals surface area contributed by atoms with Gasteiger partial charge in [-0.1, -0.05) is 54.6 Å². The Kier molecular flexibility index (Phi) is 7.61. The summed E-state index contributed by atoms with van der Waals surface area (Å²) in [6, 6.07) is 24.0. The zero-order valence-corrected chi connectivity index (χ0v) is 16.6. The molecule has 5 nitrogen and oxygen atoms in total. The molecule has 0 amide bonds. The highest BCUT2D eigenvalue weighted by Crippen LogP contribution is 2.16. The van der Waals surface area contributed by atoms with Crippen molar-refractivity contribution in [2.75, 3.05) is 0 Å². The summed E-state index contributed by atoms with van der Waals surface area (Å²) in [7, 11) is 0. The minimum absolute atomic E-state index is 0.115. The number of carbonyl (C=O) groups excluding carboxylic acids is 2. The number of hydrogen-bond donors (Lipinski definition) is 1. The second-order valence-electron chi connectivity index (χ2n) is 6.93. The van der Waals surface area contributed by atoms with Crippen molar-refractivity contribution in [3.8, 4) is 11.5 Å². The number of esters is 2. The molecule has 0 aliphatic rings. The van der Waals surface area contributed by atoms with Crippen molar-refractivity contribution in [1.29, 1.82) is 0 Å². The summed E-state index contributed by atoms with van der Waals surface area (Å²) in [5.74, 6) is -0.144. The van der Waals surface area contributed by atoms with E-state index in [4.69, 9.17) is 9.47 Å². The minimum Gasteiger partial charge on any atom is -0.508 e. The number of phenolic OH excluding ortho intramolecular Hbond substituents is 1. The summed E-state index contributed by atoms with van der Waals surface area (Å²) in [6.07, 6.45) is 1.19. The lowest BCUT2D eigenvalue weighted by atomic mass is 10.1. The Morgan fingerprint density at radius 1 is 0.667 bits per heavy atom. The molecule has 0 fully saturated rings. The van der Waals surface area contributed by atoms with E-state index in [1.807, 2.05) is 54.6 Å². The van der Waals surface area contributed by atoms with Gasteiger partial charge in [-0.2, -0.15) is 0 Å². The summed E-state index contributed by atoms with van der Waals surface area (Å²) < 4.78 is 10.6. The Hall–Kier alpha value is -3.60. The lowest BCUT2D eigenvalue weighted by molar-refractivity contribution is -0.159. The van der Waals surface area contributed by atoms with Crippen LogP contribution in [0, 0.1) is 0 Å². The average Bonchev–Trinajstić information content (AvgIpc) is 2.77. The van der Waals surface area contributed by atoms with E-state index in [0.29, 0.717) is 19.4 Å². The molecule has 0 saturated heterocycles. The Balaban J connectivity index is 1.36. The van der Waals surface area contributed by atoms with E-state index in [9.17, 15) is 14.7 Å². The molecule has 0 atom stereocenters. The van der Waals surface area contributed by atoms with Gasteiger partial charge in [0.25, 0.3) is 0 Å². The first kappa shape index (κ1) is 21.1. The van der Waals surface area contributed by atoms with Crippen molar-refractivity contribution in [3.63, 3.8) is 0 Å². The summed E-state index contributed by atoms with van der Waals surface area (Å²) in [5, 5.41) is 9.25. The molecule has 0 spiro atoms. The van der Waals surface area contributed by atoms with Crippen molar-refractivity contribution >= 4 is 11.9 Å². The van der Waals surface area contributed by atoms with Gasteiger partial charge in [-0.05, 0) is 53.8 Å². The quantitative estimate of drug-likeness (QED) is 0.417. The van der Waals surface area contributed by atoms with E-state index in [0.717, 1.165) is 22.4 Å². The molecule has 154 valence electrons. The van der Waals surface area contributed by atoms with Crippen molar-refractivity contribution in [3.05, 3.63) is 95.6 Å². The number of carbonyl (C=O) groups is 2. The Labute approximate surface area is 175 Å². The summed E-state index contributed by atoms with van der Waals surface area (Å²) in [6.45, 7) is 0.499. The van der Waals surface area contributed by atoms with E-state index < -0.39 is 11.9 Å². The first-order valence-electron chi connectivity index (χ1n) is 9.85. The van der Waals surface area contributed by atoms with Crippen molar-refractivity contribution in [1.82, 2.24) is 0 Å². The first-order valence-corrected chi connectivity index (χ1v) is 9.85. The van der Waals surface area contributed by atoms with Gasteiger partial charge in [0.05, 0.1) is 12.8 Å². The number of benzene rings is 3. The van der Waals surface area contributed by atoms with Gasteiger partial charge >= 0.3 is 11.9 Å². The molecule has 0 heterocycles. The van der Waals surface area contributed by atoms with Gasteiger partial charge in [0.2, 0.25) is 0 Å². The van der Waals surface area contributed by atoms with E-state index in [1.165, 1.54) is 0 Å². The van der Waals surface area contributed by atoms with Gasteiger partial charge in [-0.3, -0.25) is 9.59 Å². The Bertz CT molecular complexity index is 947. The van der Waals surface area contributed by atoms with Crippen LogP contribution in [0.1, 0.15) is 29.5 Å². The molecule has 0 saturated carbocycles. The third-order valence-electron chi connectivity index (χ3n) is 4.57. The number of aromatic hydroxyl groups is 1. The molecule has 0 radical (unpaired) electrons. The van der Waals surface area contributed by atoms with Crippen LogP contribution in [-0.4, -0.2) is 17.0 Å². The fraction of sp³-hybridized carbons (Fsp3) is 0.200. The molecule has 3 rings (SSSR count). The second-order valence-corrected chi connectivity index (χ2v) is 6.93. The van der Waals surface area contributed by atoms with Gasteiger partial charge in [-0.15, -0.1) is 0 Å². The van der Waals surface area contributed by atoms with Gasteiger partial charge in [0.1, 0.15) is 18.1 Å². The van der Waals surface area contributed by atoms with Crippen molar-refractivity contribution in [2.24, 2.45) is 0 Å². The highest BCUT2D eigenvalue weighted by Gasteiger charge is 2.11. The molecular weight excluding hydrogens is 380 g/mol. The third-order valence-corrected chi connectivity index (χ3v) is 4.57. The highest BCUT2D eigenvalue weighted by atomic mass is 16.6. The number of aryl methyl sites for hydroxylation is 2. The van der Waals surface area contributed by atoms with E-state index >= 15 is 0 Å². The molecule has 0 unspecified atom stereocenters. The lowest BCUT2D eigenvalue weighted by Gasteiger charge is -2.07. The van der Waals surface area contributed by atoms with Crippen LogP contribution < -0.4 is 4.74 Å². The first-order chi connectivity index (χ1) is 14.6. The van der Waals surface area contributed by atoms with Crippen LogP contribution in [0.2, 0.25) is 0 Å². The molecular formula is C25H24O5. The minimum atomic E-state index is -0.544. The maximum atomic E-state index is 11.9. The maximum Gasteiger partial charge on any atom is 0.313 e. The molecule has 3 aromatic rings. The Morgan fingerprint density at radius 3 is 1.77 bits per heavy atom. The molecule has 0 aromatic heterocycles.